The fourth-order valence-electron chi connectivity index (χ4n) is 2.29. The summed E-state index contributed by atoms with van der Waals surface area (Å²) in [5.41, 5.74) is 2.61. The fraction of sp³-hybridized carbons (Fsp3) is 0.0556. The van der Waals surface area contributed by atoms with Crippen LogP contribution in [0.15, 0.2) is 67.1 Å². The molecule has 6 heteroatoms. The molecule has 24 heavy (non-hydrogen) atoms. The van der Waals surface area contributed by atoms with Gasteiger partial charge in [0.2, 0.25) is 5.91 Å². The summed E-state index contributed by atoms with van der Waals surface area (Å²) >= 11 is 0. The maximum absolute atomic E-state index is 12.5. The smallest absolute Gasteiger partial charge is 0.274 e. The highest BCUT2D eigenvalue weighted by Gasteiger charge is 2.13. The number of carbonyl (C=O) groups excluding carboxylic acids is 2. The molecule has 0 fully saturated rings. The first-order valence-corrected chi connectivity index (χ1v) is 7.40. The van der Waals surface area contributed by atoms with Crippen molar-refractivity contribution >= 4 is 23.2 Å². The Morgan fingerprint density at radius 1 is 0.917 bits per heavy atom. The standard InChI is InChI=1S/C18H16N4O2/c1-13(23)20-14-7-9-15(10-8-14)21-18(24)17-11-19-12-22(17)16-5-3-2-4-6-16/h2-12H,1H3,(H,20,23)(H,21,24). The first-order chi connectivity index (χ1) is 11.6. The Morgan fingerprint density at radius 2 is 1.54 bits per heavy atom. The molecule has 0 aliphatic carbocycles. The number of anilines is 2. The van der Waals surface area contributed by atoms with E-state index in [1.54, 1.807) is 35.2 Å². The van der Waals surface area contributed by atoms with Gasteiger partial charge in [0.1, 0.15) is 5.69 Å². The summed E-state index contributed by atoms with van der Waals surface area (Å²) in [6, 6.07) is 16.4. The molecular weight excluding hydrogens is 304 g/mol. The molecule has 0 aliphatic heterocycles. The zero-order chi connectivity index (χ0) is 16.9. The SMILES string of the molecule is CC(=O)Nc1ccc(NC(=O)c2cncn2-c2ccccc2)cc1. The van der Waals surface area contributed by atoms with E-state index in [9.17, 15) is 9.59 Å². The van der Waals surface area contributed by atoms with Gasteiger partial charge in [0.15, 0.2) is 0 Å². The molecule has 3 aromatic rings. The van der Waals surface area contributed by atoms with Gasteiger partial charge in [-0.25, -0.2) is 4.98 Å². The molecule has 3 rings (SSSR count). The molecule has 0 saturated heterocycles. The van der Waals surface area contributed by atoms with E-state index >= 15 is 0 Å². The number of benzene rings is 2. The molecule has 0 bridgehead atoms. The summed E-state index contributed by atoms with van der Waals surface area (Å²) < 4.78 is 1.72. The van der Waals surface area contributed by atoms with E-state index in [0.29, 0.717) is 17.1 Å². The number of imidazole rings is 1. The molecule has 0 atom stereocenters. The maximum atomic E-state index is 12.5. The molecule has 120 valence electrons. The second kappa shape index (κ2) is 6.78. The lowest BCUT2D eigenvalue weighted by Gasteiger charge is -2.09. The maximum Gasteiger partial charge on any atom is 0.274 e. The molecule has 0 aliphatic rings. The number of amides is 2. The Bertz CT molecular complexity index is 854. The average Bonchev–Trinajstić information content (AvgIpc) is 3.07. The van der Waals surface area contributed by atoms with Crippen LogP contribution in [0.2, 0.25) is 0 Å². The van der Waals surface area contributed by atoms with Crippen molar-refractivity contribution in [2.24, 2.45) is 0 Å². The number of hydrogen-bond donors (Lipinski definition) is 2. The Kier molecular flexibility index (Phi) is 4.38. The van der Waals surface area contributed by atoms with Crippen molar-refractivity contribution in [3.05, 3.63) is 72.8 Å². The van der Waals surface area contributed by atoms with Crippen molar-refractivity contribution in [1.82, 2.24) is 9.55 Å². The van der Waals surface area contributed by atoms with E-state index in [0.717, 1.165) is 5.69 Å². The molecule has 0 saturated carbocycles. The van der Waals surface area contributed by atoms with E-state index < -0.39 is 0 Å². The summed E-state index contributed by atoms with van der Waals surface area (Å²) in [6.45, 7) is 1.44. The topological polar surface area (TPSA) is 76.0 Å². The lowest BCUT2D eigenvalue weighted by molar-refractivity contribution is -0.114. The molecule has 1 aromatic heterocycles. The van der Waals surface area contributed by atoms with E-state index in [-0.39, 0.29) is 11.8 Å². The molecule has 1 heterocycles. The van der Waals surface area contributed by atoms with Crippen LogP contribution in [0.1, 0.15) is 17.4 Å². The molecule has 2 N–H and O–H groups in total. The largest absolute Gasteiger partial charge is 0.326 e. The van der Waals surface area contributed by atoms with E-state index in [1.165, 1.54) is 13.1 Å². The highest BCUT2D eigenvalue weighted by molar-refractivity contribution is 6.03. The summed E-state index contributed by atoms with van der Waals surface area (Å²) in [5, 5.41) is 5.50. The van der Waals surface area contributed by atoms with Gasteiger partial charge in [0, 0.05) is 24.0 Å². The number of rotatable bonds is 4. The predicted molar refractivity (Wildman–Crippen MR) is 92.3 cm³/mol. The van der Waals surface area contributed by atoms with Gasteiger partial charge in [-0.05, 0) is 36.4 Å². The van der Waals surface area contributed by atoms with Gasteiger partial charge in [-0.1, -0.05) is 18.2 Å². The minimum Gasteiger partial charge on any atom is -0.326 e. The number of carbonyl (C=O) groups is 2. The molecular formula is C18H16N4O2. The summed E-state index contributed by atoms with van der Waals surface area (Å²) in [7, 11) is 0. The molecule has 0 spiro atoms. The average molecular weight is 320 g/mol. The van der Waals surface area contributed by atoms with Crippen molar-refractivity contribution in [2.45, 2.75) is 6.92 Å². The van der Waals surface area contributed by atoms with Crippen molar-refractivity contribution in [2.75, 3.05) is 10.6 Å². The number of para-hydroxylation sites is 1. The van der Waals surface area contributed by atoms with Crippen LogP contribution in [0.5, 0.6) is 0 Å². The van der Waals surface area contributed by atoms with Crippen LogP contribution in [0.3, 0.4) is 0 Å². The van der Waals surface area contributed by atoms with Crippen LogP contribution < -0.4 is 10.6 Å². The molecule has 0 radical (unpaired) electrons. The second-order valence-electron chi connectivity index (χ2n) is 5.20. The third-order valence-electron chi connectivity index (χ3n) is 3.37. The Labute approximate surface area is 139 Å². The van der Waals surface area contributed by atoms with Crippen molar-refractivity contribution < 1.29 is 9.59 Å². The quantitative estimate of drug-likeness (QED) is 0.775. The van der Waals surface area contributed by atoms with Crippen LogP contribution in [-0.4, -0.2) is 21.4 Å². The number of nitrogens with zero attached hydrogens (tertiary/aromatic N) is 2. The van der Waals surface area contributed by atoms with Gasteiger partial charge in [-0.15, -0.1) is 0 Å². The number of hydrogen-bond acceptors (Lipinski definition) is 3. The first kappa shape index (κ1) is 15.5. The van der Waals surface area contributed by atoms with Crippen molar-refractivity contribution in [3.8, 4) is 5.69 Å². The van der Waals surface area contributed by atoms with Gasteiger partial charge < -0.3 is 10.6 Å². The van der Waals surface area contributed by atoms with Gasteiger partial charge in [0.25, 0.3) is 5.91 Å². The van der Waals surface area contributed by atoms with Gasteiger partial charge in [-0.3, -0.25) is 14.2 Å². The van der Waals surface area contributed by atoms with Crippen LogP contribution in [0, 0.1) is 0 Å². The Hall–Kier alpha value is -3.41. The summed E-state index contributed by atoms with van der Waals surface area (Å²) in [5.74, 6) is -0.401. The van der Waals surface area contributed by atoms with Crippen molar-refractivity contribution in [3.63, 3.8) is 0 Å². The third-order valence-corrected chi connectivity index (χ3v) is 3.37. The highest BCUT2D eigenvalue weighted by atomic mass is 16.2. The van der Waals surface area contributed by atoms with E-state index in [1.807, 2.05) is 30.3 Å². The van der Waals surface area contributed by atoms with Gasteiger partial charge in [-0.2, -0.15) is 0 Å². The molecule has 0 unspecified atom stereocenters. The van der Waals surface area contributed by atoms with Crippen LogP contribution in [0.25, 0.3) is 5.69 Å². The lowest BCUT2D eigenvalue weighted by atomic mass is 10.2. The normalized spacial score (nSPS) is 10.2. The molecule has 2 amide bonds. The zero-order valence-corrected chi connectivity index (χ0v) is 13.1. The lowest BCUT2D eigenvalue weighted by Crippen LogP contribution is -2.16. The van der Waals surface area contributed by atoms with E-state index in [2.05, 4.69) is 15.6 Å². The fourth-order valence-corrected chi connectivity index (χ4v) is 2.29. The third kappa shape index (κ3) is 3.49. The second-order valence-corrected chi connectivity index (χ2v) is 5.20. The minimum absolute atomic E-state index is 0.140. The van der Waals surface area contributed by atoms with Crippen LogP contribution >= 0.6 is 0 Å². The Morgan fingerprint density at radius 3 is 2.17 bits per heavy atom. The van der Waals surface area contributed by atoms with Gasteiger partial charge in [0.05, 0.1) is 12.5 Å². The van der Waals surface area contributed by atoms with Crippen molar-refractivity contribution in [1.29, 1.82) is 0 Å². The van der Waals surface area contributed by atoms with Crippen LogP contribution in [0.4, 0.5) is 11.4 Å². The zero-order valence-electron chi connectivity index (χ0n) is 13.1. The highest BCUT2D eigenvalue weighted by Crippen LogP contribution is 2.16. The summed E-state index contributed by atoms with van der Waals surface area (Å²) in [6.07, 6.45) is 3.12. The van der Waals surface area contributed by atoms with Gasteiger partial charge >= 0.3 is 0 Å². The Balaban J connectivity index is 1.76. The monoisotopic (exact) mass is 320 g/mol. The number of nitrogens with one attached hydrogen (secondary N) is 2. The number of aromatic nitrogens is 2. The van der Waals surface area contributed by atoms with Crippen LogP contribution in [-0.2, 0) is 4.79 Å². The first-order valence-electron chi connectivity index (χ1n) is 7.40. The summed E-state index contributed by atoms with van der Waals surface area (Å²) in [4.78, 5) is 27.6. The predicted octanol–water partition coefficient (Wildman–Crippen LogP) is 3.08. The van der Waals surface area contributed by atoms with E-state index in [4.69, 9.17) is 0 Å². The molecule has 2 aromatic carbocycles. The molecule has 6 nitrogen and oxygen atoms in total. The minimum atomic E-state index is -0.261.